The summed E-state index contributed by atoms with van der Waals surface area (Å²) in [5, 5.41) is 4.04. The molecule has 0 amide bonds. The lowest BCUT2D eigenvalue weighted by atomic mass is 10.0. The van der Waals surface area contributed by atoms with E-state index in [2.05, 4.69) is 50.2 Å². The predicted molar refractivity (Wildman–Crippen MR) is 131 cm³/mol. The molecule has 32 heavy (non-hydrogen) atoms. The van der Waals surface area contributed by atoms with Crippen LogP contribution in [0.1, 0.15) is 29.1 Å². The van der Waals surface area contributed by atoms with Crippen molar-refractivity contribution in [2.75, 3.05) is 4.90 Å². The first kappa shape index (κ1) is 20.8. The van der Waals surface area contributed by atoms with Crippen LogP contribution >= 0.6 is 28.1 Å². The van der Waals surface area contributed by atoms with E-state index in [1.165, 1.54) is 12.1 Å². The maximum absolute atomic E-state index is 13.6. The summed E-state index contributed by atoms with van der Waals surface area (Å²) in [4.78, 5) is 6.64. The summed E-state index contributed by atoms with van der Waals surface area (Å²) in [5.74, 6) is 1.08. The van der Waals surface area contributed by atoms with Crippen LogP contribution in [0, 0.1) is 12.7 Å². The zero-order valence-corrected chi connectivity index (χ0v) is 19.5. The molecule has 1 fully saturated rings. The van der Waals surface area contributed by atoms with E-state index < -0.39 is 0 Å². The first-order valence-electron chi connectivity index (χ1n) is 10.1. The van der Waals surface area contributed by atoms with Crippen molar-refractivity contribution in [3.8, 4) is 11.3 Å². The molecule has 2 aromatic heterocycles. The number of nitrogens with zero attached hydrogens (tertiary/aromatic N) is 2. The summed E-state index contributed by atoms with van der Waals surface area (Å²) < 4.78 is 20.5. The van der Waals surface area contributed by atoms with Gasteiger partial charge in [-0.15, -0.1) is 0 Å². The van der Waals surface area contributed by atoms with Crippen LogP contribution in [0.5, 0.6) is 0 Å². The Morgan fingerprint density at radius 1 is 1.06 bits per heavy atom. The van der Waals surface area contributed by atoms with Gasteiger partial charge in [0.1, 0.15) is 23.4 Å². The highest BCUT2D eigenvalue weighted by atomic mass is 79.9. The Morgan fingerprint density at radius 2 is 1.94 bits per heavy atom. The molecule has 4 nitrogen and oxygen atoms in total. The lowest BCUT2D eigenvalue weighted by molar-refractivity contribution is 0.439. The molecular formula is C25H19BrFN3OS. The molecule has 5 rings (SSSR count). The Kier molecular flexibility index (Phi) is 5.53. The van der Waals surface area contributed by atoms with E-state index in [0.717, 1.165) is 28.3 Å². The minimum absolute atomic E-state index is 0.195. The first-order chi connectivity index (χ1) is 15.5. The molecule has 4 aromatic rings. The smallest absolute Gasteiger partial charge is 0.174 e. The second kappa shape index (κ2) is 8.48. The van der Waals surface area contributed by atoms with Crippen molar-refractivity contribution < 1.29 is 8.81 Å². The van der Waals surface area contributed by atoms with Crippen molar-refractivity contribution >= 4 is 38.9 Å². The number of aromatic nitrogens is 1. The molecule has 0 bridgehead atoms. The highest BCUT2D eigenvalue weighted by molar-refractivity contribution is 9.10. The van der Waals surface area contributed by atoms with Crippen molar-refractivity contribution in [2.45, 2.75) is 19.0 Å². The predicted octanol–water partition coefficient (Wildman–Crippen LogP) is 6.73. The number of aryl methyl sites for hydroxylation is 1. The lowest BCUT2D eigenvalue weighted by Gasteiger charge is -2.26. The Hall–Kier alpha value is -3.03. The average Bonchev–Trinajstić information content (AvgIpc) is 3.39. The normalized spacial score (nSPS) is 18.1. The van der Waals surface area contributed by atoms with E-state index in [-0.39, 0.29) is 17.9 Å². The Labute approximate surface area is 199 Å². The molecule has 1 aliphatic rings. The van der Waals surface area contributed by atoms with Crippen LogP contribution in [0.2, 0.25) is 0 Å². The average molecular weight is 508 g/mol. The van der Waals surface area contributed by atoms with Gasteiger partial charge in [0.2, 0.25) is 0 Å². The maximum atomic E-state index is 13.6. The van der Waals surface area contributed by atoms with Crippen molar-refractivity contribution in [2.24, 2.45) is 0 Å². The van der Waals surface area contributed by atoms with Crippen LogP contribution in [-0.2, 0) is 0 Å². The minimum Gasteiger partial charge on any atom is -0.459 e. The fourth-order valence-corrected chi connectivity index (χ4v) is 4.94. The highest BCUT2D eigenvalue weighted by Gasteiger charge is 2.42. The Bertz CT molecular complexity index is 1290. The number of hydrogen-bond donors (Lipinski definition) is 1. The Balaban J connectivity index is 1.61. The molecular weight excluding hydrogens is 489 g/mol. The molecule has 0 saturated carbocycles. The van der Waals surface area contributed by atoms with E-state index in [0.29, 0.717) is 15.3 Å². The number of thiocarbonyl (C=S) groups is 1. The number of benzene rings is 2. The van der Waals surface area contributed by atoms with Gasteiger partial charge in [-0.2, -0.15) is 0 Å². The van der Waals surface area contributed by atoms with Gasteiger partial charge < -0.3 is 14.6 Å². The van der Waals surface area contributed by atoms with Gasteiger partial charge in [-0.05, 0) is 95.2 Å². The van der Waals surface area contributed by atoms with E-state index in [1.807, 2.05) is 42.5 Å². The van der Waals surface area contributed by atoms with E-state index in [1.54, 1.807) is 12.3 Å². The lowest BCUT2D eigenvalue weighted by Crippen LogP contribution is -2.29. The second-order valence-corrected chi connectivity index (χ2v) is 8.90. The van der Waals surface area contributed by atoms with Crippen molar-refractivity contribution in [1.82, 2.24) is 10.3 Å². The van der Waals surface area contributed by atoms with Crippen molar-refractivity contribution in [3.05, 3.63) is 106 Å². The van der Waals surface area contributed by atoms with Gasteiger partial charge in [0.05, 0.1) is 11.7 Å². The molecule has 3 heterocycles. The molecule has 0 spiro atoms. The quantitative estimate of drug-likeness (QED) is 0.310. The van der Waals surface area contributed by atoms with Gasteiger partial charge in [0.25, 0.3) is 0 Å². The van der Waals surface area contributed by atoms with Gasteiger partial charge in [0.15, 0.2) is 5.11 Å². The summed E-state index contributed by atoms with van der Waals surface area (Å²) in [6.07, 6.45) is 1.77. The SMILES string of the molecule is Cc1cccc(N2C(=S)N[C@H](c3ccccn3)[C@H]2c2ccc(-c3ccc(F)cc3Br)o2)c1. The van der Waals surface area contributed by atoms with Gasteiger partial charge in [0, 0.05) is 21.9 Å². The summed E-state index contributed by atoms with van der Waals surface area (Å²) in [7, 11) is 0. The topological polar surface area (TPSA) is 41.3 Å². The summed E-state index contributed by atoms with van der Waals surface area (Å²) in [6, 6.07) is 22.0. The molecule has 0 radical (unpaired) electrons. The molecule has 2 aromatic carbocycles. The third kappa shape index (κ3) is 3.82. The third-order valence-electron chi connectivity index (χ3n) is 5.49. The molecule has 7 heteroatoms. The molecule has 1 saturated heterocycles. The number of rotatable bonds is 4. The monoisotopic (exact) mass is 507 g/mol. The highest BCUT2D eigenvalue weighted by Crippen LogP contribution is 2.43. The zero-order chi connectivity index (χ0) is 22.2. The summed E-state index contributed by atoms with van der Waals surface area (Å²) in [5.41, 5.74) is 3.77. The Morgan fingerprint density at radius 3 is 2.69 bits per heavy atom. The van der Waals surface area contributed by atoms with Crippen LogP contribution in [-0.4, -0.2) is 10.1 Å². The van der Waals surface area contributed by atoms with E-state index in [9.17, 15) is 4.39 Å². The van der Waals surface area contributed by atoms with Crippen LogP contribution in [0.25, 0.3) is 11.3 Å². The number of anilines is 1. The van der Waals surface area contributed by atoms with E-state index >= 15 is 0 Å². The first-order valence-corrected chi connectivity index (χ1v) is 11.3. The van der Waals surface area contributed by atoms with Gasteiger partial charge >= 0.3 is 0 Å². The number of furan rings is 1. The molecule has 1 aliphatic heterocycles. The minimum atomic E-state index is -0.307. The molecule has 2 atom stereocenters. The van der Waals surface area contributed by atoms with Gasteiger partial charge in [-0.1, -0.05) is 18.2 Å². The van der Waals surface area contributed by atoms with E-state index in [4.69, 9.17) is 16.6 Å². The molecule has 160 valence electrons. The summed E-state index contributed by atoms with van der Waals surface area (Å²) in [6.45, 7) is 2.05. The van der Waals surface area contributed by atoms with Crippen molar-refractivity contribution in [1.29, 1.82) is 0 Å². The second-order valence-electron chi connectivity index (χ2n) is 7.66. The zero-order valence-electron chi connectivity index (χ0n) is 17.1. The number of nitrogens with one attached hydrogen (secondary N) is 1. The summed E-state index contributed by atoms with van der Waals surface area (Å²) >= 11 is 9.19. The molecule has 1 N–H and O–H groups in total. The van der Waals surface area contributed by atoms with Gasteiger partial charge in [-0.3, -0.25) is 4.98 Å². The standard InChI is InChI=1S/C25H19BrFN3OS/c1-15-5-4-6-17(13-15)30-24(23(29-25(30)32)20-7-2-3-12-28-20)22-11-10-21(31-22)18-9-8-16(27)14-19(18)26/h2-14,23-24H,1H3,(H,29,32)/t23-,24-/m1/s1. The number of hydrogen-bond acceptors (Lipinski definition) is 3. The maximum Gasteiger partial charge on any atom is 0.174 e. The number of pyridine rings is 1. The number of halogens is 2. The molecule has 0 aliphatic carbocycles. The fourth-order valence-electron chi connectivity index (χ4n) is 4.05. The third-order valence-corrected chi connectivity index (χ3v) is 6.46. The van der Waals surface area contributed by atoms with Gasteiger partial charge in [-0.25, -0.2) is 4.39 Å². The largest absolute Gasteiger partial charge is 0.459 e. The van der Waals surface area contributed by atoms with Crippen LogP contribution in [0.4, 0.5) is 10.1 Å². The van der Waals surface area contributed by atoms with Crippen LogP contribution in [0.15, 0.2) is 87.9 Å². The van der Waals surface area contributed by atoms with Crippen LogP contribution in [0.3, 0.4) is 0 Å². The van der Waals surface area contributed by atoms with Crippen LogP contribution < -0.4 is 10.2 Å². The van der Waals surface area contributed by atoms with Crippen molar-refractivity contribution in [3.63, 3.8) is 0 Å². The fraction of sp³-hybridized carbons (Fsp3) is 0.120. The molecule has 0 unspecified atom stereocenters.